The van der Waals surface area contributed by atoms with E-state index in [9.17, 15) is 13.5 Å². The van der Waals surface area contributed by atoms with Gasteiger partial charge in [-0.15, -0.1) is 0 Å². The summed E-state index contributed by atoms with van der Waals surface area (Å²) < 4.78 is 26.8. The smallest absolute Gasteiger partial charge is 0.236 e. The third kappa shape index (κ3) is 5.47. The minimum atomic E-state index is -3.42. The summed E-state index contributed by atoms with van der Waals surface area (Å²) in [5, 5.41) is 11.7. The highest BCUT2D eigenvalue weighted by Crippen LogP contribution is 2.26. The second kappa shape index (κ2) is 9.11. The molecule has 1 aliphatic rings. The zero-order valence-corrected chi connectivity index (χ0v) is 18.2. The van der Waals surface area contributed by atoms with Crippen LogP contribution in [-0.4, -0.2) is 44.0 Å². The van der Waals surface area contributed by atoms with E-state index >= 15 is 0 Å². The van der Waals surface area contributed by atoms with Crippen LogP contribution in [0.1, 0.15) is 42.0 Å². The van der Waals surface area contributed by atoms with E-state index in [0.29, 0.717) is 31.3 Å². The predicted molar refractivity (Wildman–Crippen MR) is 117 cm³/mol. The van der Waals surface area contributed by atoms with Crippen LogP contribution in [0.3, 0.4) is 0 Å². The van der Waals surface area contributed by atoms with Crippen LogP contribution in [0, 0.1) is 6.92 Å². The molecule has 1 fully saturated rings. The topological polar surface area (TPSA) is 62.1 Å². The number of rotatable bonds is 6. The van der Waals surface area contributed by atoms with E-state index in [0.717, 1.165) is 29.8 Å². The van der Waals surface area contributed by atoms with E-state index in [1.165, 1.54) is 15.9 Å². The van der Waals surface area contributed by atoms with Crippen molar-refractivity contribution in [3.8, 4) is 5.75 Å². The maximum atomic E-state index is 12.6. The third-order valence-corrected chi connectivity index (χ3v) is 7.12. The molecule has 3 rings (SSSR count). The van der Waals surface area contributed by atoms with Gasteiger partial charge in [0.05, 0.1) is 26.2 Å². The summed E-state index contributed by atoms with van der Waals surface area (Å²) in [5.41, 5.74) is 4.17. The summed E-state index contributed by atoms with van der Waals surface area (Å²) >= 11 is 0. The summed E-state index contributed by atoms with van der Waals surface area (Å²) in [6, 6.07) is 13.4. The lowest BCUT2D eigenvalue weighted by Crippen LogP contribution is -3.13. The molecule has 0 unspecified atom stereocenters. The molecule has 0 atom stereocenters. The summed E-state index contributed by atoms with van der Waals surface area (Å²) in [6.07, 6.45) is 1.65. The van der Waals surface area contributed by atoms with E-state index in [4.69, 9.17) is 0 Å². The highest BCUT2D eigenvalue weighted by Gasteiger charge is 2.28. The van der Waals surface area contributed by atoms with Crippen LogP contribution < -0.4 is 4.90 Å². The van der Waals surface area contributed by atoms with Gasteiger partial charge in [-0.2, -0.15) is 4.31 Å². The lowest BCUT2D eigenvalue weighted by molar-refractivity contribution is -0.917. The van der Waals surface area contributed by atoms with Crippen molar-refractivity contribution in [1.29, 1.82) is 0 Å². The molecule has 156 valence electrons. The molecule has 5 nitrogen and oxygen atoms in total. The summed E-state index contributed by atoms with van der Waals surface area (Å²) in [7, 11) is -3.42. The Balaban J connectivity index is 1.62. The van der Waals surface area contributed by atoms with E-state index in [1.807, 2.05) is 43.3 Å². The molecule has 1 saturated heterocycles. The van der Waals surface area contributed by atoms with E-state index in [-0.39, 0.29) is 0 Å². The monoisotopic (exact) mass is 415 g/mol. The Labute approximate surface area is 174 Å². The fraction of sp³-hybridized carbons (Fsp3) is 0.391. The van der Waals surface area contributed by atoms with Gasteiger partial charge in [0.25, 0.3) is 0 Å². The molecular weight excluding hydrogens is 384 g/mol. The van der Waals surface area contributed by atoms with Gasteiger partial charge in [-0.1, -0.05) is 44.2 Å². The first-order valence-corrected chi connectivity index (χ1v) is 11.7. The van der Waals surface area contributed by atoms with Gasteiger partial charge >= 0.3 is 0 Å². The fourth-order valence-electron chi connectivity index (χ4n) is 3.84. The zero-order chi connectivity index (χ0) is 21.0. The Kier molecular flexibility index (Phi) is 6.77. The van der Waals surface area contributed by atoms with E-state index in [2.05, 4.69) is 19.9 Å². The average molecular weight is 416 g/mol. The Hall–Kier alpha value is -2.15. The molecule has 0 aromatic heterocycles. The Bertz CT molecular complexity index is 961. The van der Waals surface area contributed by atoms with Crippen molar-refractivity contribution in [2.75, 3.05) is 26.2 Å². The molecule has 0 saturated carbocycles. The molecule has 2 aromatic carbocycles. The maximum absolute atomic E-state index is 12.6. The molecule has 0 spiro atoms. The minimum Gasteiger partial charge on any atom is -0.507 e. The van der Waals surface area contributed by atoms with Gasteiger partial charge < -0.3 is 10.0 Å². The molecule has 6 heteroatoms. The molecule has 2 N–H and O–H groups in total. The van der Waals surface area contributed by atoms with Crippen molar-refractivity contribution >= 4 is 16.1 Å². The van der Waals surface area contributed by atoms with Crippen molar-refractivity contribution in [3.63, 3.8) is 0 Å². The van der Waals surface area contributed by atoms with Gasteiger partial charge in [0, 0.05) is 11.0 Å². The number of hydrogen-bond donors (Lipinski definition) is 2. The van der Waals surface area contributed by atoms with Crippen molar-refractivity contribution in [2.24, 2.45) is 0 Å². The molecule has 0 amide bonds. The number of nitrogens with zero attached hydrogens (tertiary/aromatic N) is 1. The number of phenols is 1. The van der Waals surface area contributed by atoms with Crippen LogP contribution in [0.5, 0.6) is 5.75 Å². The first-order valence-electron chi connectivity index (χ1n) is 10.2. The molecule has 0 bridgehead atoms. The predicted octanol–water partition coefficient (Wildman–Crippen LogP) is 2.53. The van der Waals surface area contributed by atoms with Gasteiger partial charge in [0.2, 0.25) is 10.0 Å². The number of sulfonamides is 1. The van der Waals surface area contributed by atoms with Crippen molar-refractivity contribution < 1.29 is 18.4 Å². The molecule has 29 heavy (non-hydrogen) atoms. The number of phenolic OH excluding ortho intramolecular Hbond substituents is 1. The van der Waals surface area contributed by atoms with E-state index in [1.54, 1.807) is 10.4 Å². The van der Waals surface area contributed by atoms with Crippen molar-refractivity contribution in [3.05, 3.63) is 70.1 Å². The second-order valence-corrected chi connectivity index (χ2v) is 9.89. The first kappa shape index (κ1) is 21.6. The molecule has 1 heterocycles. The van der Waals surface area contributed by atoms with Gasteiger partial charge in [0.1, 0.15) is 12.3 Å². The number of benzene rings is 2. The molecule has 1 aliphatic heterocycles. The Morgan fingerprint density at radius 3 is 2.41 bits per heavy atom. The highest BCUT2D eigenvalue weighted by molar-refractivity contribution is 7.92. The van der Waals surface area contributed by atoms with Crippen molar-refractivity contribution in [2.45, 2.75) is 33.2 Å². The Morgan fingerprint density at radius 2 is 1.79 bits per heavy atom. The number of piperazine rings is 1. The van der Waals surface area contributed by atoms with Crippen LogP contribution in [-0.2, 0) is 16.6 Å². The third-order valence-electron chi connectivity index (χ3n) is 5.55. The van der Waals surface area contributed by atoms with Gasteiger partial charge in [0.15, 0.2) is 0 Å². The molecule has 0 radical (unpaired) electrons. The number of aryl methyl sites for hydroxylation is 1. The largest absolute Gasteiger partial charge is 0.507 e. The lowest BCUT2D eigenvalue weighted by Gasteiger charge is -2.31. The van der Waals surface area contributed by atoms with Crippen LogP contribution >= 0.6 is 0 Å². The summed E-state index contributed by atoms with van der Waals surface area (Å²) in [5.74, 6) is 0.739. The minimum absolute atomic E-state index is 0.334. The SMILES string of the molecule is Cc1cc(O)c(C[NH+]2CCN(S(=O)(=O)/C=C/c3ccccc3)CC2)cc1C(C)C. The molecule has 2 aromatic rings. The molecule has 0 aliphatic carbocycles. The zero-order valence-electron chi connectivity index (χ0n) is 17.4. The summed E-state index contributed by atoms with van der Waals surface area (Å²) in [4.78, 5) is 1.29. The lowest BCUT2D eigenvalue weighted by atomic mass is 9.95. The summed E-state index contributed by atoms with van der Waals surface area (Å²) in [6.45, 7) is 9.47. The van der Waals surface area contributed by atoms with Crippen molar-refractivity contribution in [1.82, 2.24) is 4.31 Å². The van der Waals surface area contributed by atoms with Gasteiger partial charge in [-0.3, -0.25) is 0 Å². The highest BCUT2D eigenvalue weighted by atomic mass is 32.2. The normalized spacial score (nSPS) is 16.7. The fourth-order valence-corrected chi connectivity index (χ4v) is 5.03. The number of hydrogen-bond acceptors (Lipinski definition) is 3. The standard InChI is InChI=1S/C23H30N2O3S/c1-18(2)22-16-21(23(26)15-19(22)3)17-24-10-12-25(13-11-24)29(27,28)14-9-20-7-5-4-6-8-20/h4-9,14-16,18,26H,10-13,17H2,1-3H3/p+1/b14-9+. The number of aromatic hydroxyl groups is 1. The Morgan fingerprint density at radius 1 is 1.14 bits per heavy atom. The van der Waals surface area contributed by atoms with Gasteiger partial charge in [-0.25, -0.2) is 8.42 Å². The van der Waals surface area contributed by atoms with E-state index < -0.39 is 10.0 Å². The maximum Gasteiger partial charge on any atom is 0.236 e. The second-order valence-electron chi connectivity index (χ2n) is 8.08. The first-order chi connectivity index (χ1) is 13.8. The van der Waals surface area contributed by atoms with Crippen LogP contribution in [0.15, 0.2) is 47.9 Å². The van der Waals surface area contributed by atoms with Crippen LogP contribution in [0.2, 0.25) is 0 Å². The van der Waals surface area contributed by atoms with Crippen LogP contribution in [0.25, 0.3) is 6.08 Å². The quantitative estimate of drug-likeness (QED) is 0.762. The molecular formula is C23H31N2O3S+. The average Bonchev–Trinajstić information content (AvgIpc) is 2.69. The van der Waals surface area contributed by atoms with Gasteiger partial charge in [-0.05, 0) is 47.7 Å². The number of quaternary nitrogens is 1. The number of nitrogens with one attached hydrogen (secondary N) is 1. The van der Waals surface area contributed by atoms with Crippen LogP contribution in [0.4, 0.5) is 0 Å².